The largest absolute Gasteiger partial charge is 0.444 e. The van der Waals surface area contributed by atoms with Gasteiger partial charge in [-0.05, 0) is 58.9 Å². The van der Waals surface area contributed by atoms with Crippen molar-refractivity contribution in [1.82, 2.24) is 10.2 Å². The van der Waals surface area contributed by atoms with Crippen LogP contribution >= 0.6 is 0 Å². The van der Waals surface area contributed by atoms with Gasteiger partial charge in [0.05, 0.1) is 0 Å². The van der Waals surface area contributed by atoms with Crippen molar-refractivity contribution in [1.29, 1.82) is 0 Å². The molecule has 0 bridgehead atoms. The molecule has 1 rings (SSSR count). The number of hydrogen-bond donors (Lipinski definition) is 1. The van der Waals surface area contributed by atoms with Crippen molar-refractivity contribution in [2.24, 2.45) is 5.92 Å². The van der Waals surface area contributed by atoms with Crippen molar-refractivity contribution >= 4 is 6.09 Å². The topological polar surface area (TPSA) is 50.8 Å². The highest BCUT2D eigenvalue weighted by Gasteiger charge is 2.24. The van der Waals surface area contributed by atoms with Crippen molar-refractivity contribution in [3.63, 3.8) is 0 Å². The second-order valence-corrected chi connectivity index (χ2v) is 7.87. The first-order chi connectivity index (χ1) is 10.8. The van der Waals surface area contributed by atoms with Crippen LogP contribution in [0.5, 0.6) is 0 Å². The van der Waals surface area contributed by atoms with Gasteiger partial charge in [-0.3, -0.25) is 0 Å². The highest BCUT2D eigenvalue weighted by atomic mass is 16.6. The van der Waals surface area contributed by atoms with Gasteiger partial charge in [-0.1, -0.05) is 13.8 Å². The minimum Gasteiger partial charge on any atom is -0.444 e. The average molecular weight is 328 g/mol. The summed E-state index contributed by atoms with van der Waals surface area (Å²) in [5.74, 6) is 0.601. The van der Waals surface area contributed by atoms with Crippen LogP contribution in [0.3, 0.4) is 0 Å². The number of likely N-dealkylation sites (tertiary alicyclic amines) is 1. The molecule has 136 valence electrons. The molecule has 0 aliphatic carbocycles. The number of rotatable bonds is 7. The van der Waals surface area contributed by atoms with E-state index in [1.165, 1.54) is 0 Å². The van der Waals surface area contributed by atoms with Gasteiger partial charge in [0.2, 0.25) is 0 Å². The Morgan fingerprint density at radius 3 is 2.65 bits per heavy atom. The van der Waals surface area contributed by atoms with E-state index in [-0.39, 0.29) is 6.09 Å². The fourth-order valence-electron chi connectivity index (χ4n) is 2.61. The van der Waals surface area contributed by atoms with Gasteiger partial charge in [0.15, 0.2) is 0 Å². The lowest BCUT2D eigenvalue weighted by atomic mass is 10.1. The summed E-state index contributed by atoms with van der Waals surface area (Å²) < 4.78 is 11.1. The normalized spacial score (nSPS) is 19.7. The first-order valence-corrected chi connectivity index (χ1v) is 9.07. The molecule has 1 amide bonds. The molecule has 0 radical (unpaired) electrons. The predicted octanol–water partition coefficient (Wildman–Crippen LogP) is 3.43. The van der Waals surface area contributed by atoms with Gasteiger partial charge in [0, 0.05) is 32.3 Å². The Bertz CT molecular complexity index is 340. The quantitative estimate of drug-likeness (QED) is 0.728. The van der Waals surface area contributed by atoms with E-state index in [9.17, 15) is 4.79 Å². The minimum atomic E-state index is -0.420. The zero-order valence-electron chi connectivity index (χ0n) is 15.7. The van der Waals surface area contributed by atoms with E-state index in [1.807, 2.05) is 25.7 Å². The minimum absolute atomic E-state index is 0.180. The lowest BCUT2D eigenvalue weighted by molar-refractivity contribution is 0.0256. The van der Waals surface area contributed by atoms with E-state index in [1.54, 1.807) is 0 Å². The fourth-order valence-corrected chi connectivity index (χ4v) is 2.61. The van der Waals surface area contributed by atoms with Crippen LogP contribution in [0.25, 0.3) is 0 Å². The third-order valence-corrected chi connectivity index (χ3v) is 3.73. The van der Waals surface area contributed by atoms with Gasteiger partial charge >= 0.3 is 6.09 Å². The molecule has 5 heteroatoms. The van der Waals surface area contributed by atoms with Crippen LogP contribution in [-0.2, 0) is 9.47 Å². The molecule has 1 heterocycles. The van der Waals surface area contributed by atoms with Crippen molar-refractivity contribution in [2.75, 3.05) is 32.8 Å². The number of ether oxygens (including phenoxy) is 2. The summed E-state index contributed by atoms with van der Waals surface area (Å²) in [5, 5.41) is 3.60. The summed E-state index contributed by atoms with van der Waals surface area (Å²) in [4.78, 5) is 14.0. The molecular weight excluding hydrogens is 292 g/mol. The van der Waals surface area contributed by atoms with Gasteiger partial charge in [-0.2, -0.15) is 0 Å². The molecule has 1 atom stereocenters. The summed E-state index contributed by atoms with van der Waals surface area (Å²) in [5.41, 5.74) is -0.420. The van der Waals surface area contributed by atoms with E-state index in [4.69, 9.17) is 9.47 Å². The summed E-state index contributed by atoms with van der Waals surface area (Å²) in [6.45, 7) is 14.3. The summed E-state index contributed by atoms with van der Waals surface area (Å²) in [7, 11) is 0. The van der Waals surface area contributed by atoms with Crippen LogP contribution in [0.2, 0.25) is 0 Å². The molecule has 0 aromatic rings. The molecule has 0 spiro atoms. The van der Waals surface area contributed by atoms with Gasteiger partial charge < -0.3 is 19.7 Å². The summed E-state index contributed by atoms with van der Waals surface area (Å²) in [6.07, 6.45) is 4.00. The van der Waals surface area contributed by atoms with E-state index >= 15 is 0 Å². The number of carbonyl (C=O) groups excluding carboxylic acids is 1. The summed E-state index contributed by atoms with van der Waals surface area (Å²) >= 11 is 0. The lowest BCUT2D eigenvalue weighted by Gasteiger charge is -2.26. The monoisotopic (exact) mass is 328 g/mol. The van der Waals surface area contributed by atoms with Gasteiger partial charge in [0.25, 0.3) is 0 Å². The maximum atomic E-state index is 12.1. The smallest absolute Gasteiger partial charge is 0.410 e. The second kappa shape index (κ2) is 10.1. The molecule has 0 aromatic carbocycles. The number of amides is 1. The van der Waals surface area contributed by atoms with Gasteiger partial charge in [-0.25, -0.2) is 4.79 Å². The molecule has 1 fully saturated rings. The number of nitrogens with zero attached hydrogens (tertiary/aromatic N) is 1. The Morgan fingerprint density at radius 1 is 1.26 bits per heavy atom. The lowest BCUT2D eigenvalue weighted by Crippen LogP contribution is -2.38. The van der Waals surface area contributed by atoms with E-state index < -0.39 is 5.60 Å². The van der Waals surface area contributed by atoms with Crippen LogP contribution < -0.4 is 5.32 Å². The number of nitrogens with one attached hydrogen (secondary N) is 1. The standard InChI is InChI=1S/C18H36N2O3/c1-15(2)14-22-13-7-10-19-16-8-6-11-20(12-9-16)17(21)23-18(3,4)5/h15-16,19H,6-14H2,1-5H3. The molecule has 0 saturated carbocycles. The van der Waals surface area contributed by atoms with Gasteiger partial charge in [-0.15, -0.1) is 0 Å². The molecule has 23 heavy (non-hydrogen) atoms. The van der Waals surface area contributed by atoms with Crippen LogP contribution in [0.1, 0.15) is 60.3 Å². The van der Waals surface area contributed by atoms with Crippen LogP contribution in [0.15, 0.2) is 0 Å². The molecule has 1 unspecified atom stereocenters. The van der Waals surface area contributed by atoms with Crippen molar-refractivity contribution in [3.8, 4) is 0 Å². The molecule has 0 aromatic heterocycles. The maximum Gasteiger partial charge on any atom is 0.410 e. The first kappa shape index (κ1) is 20.2. The fraction of sp³-hybridized carbons (Fsp3) is 0.944. The zero-order valence-corrected chi connectivity index (χ0v) is 15.7. The molecule has 5 nitrogen and oxygen atoms in total. The Hall–Kier alpha value is -0.810. The third-order valence-electron chi connectivity index (χ3n) is 3.73. The second-order valence-electron chi connectivity index (χ2n) is 7.87. The maximum absolute atomic E-state index is 12.1. The molecule has 1 aliphatic heterocycles. The Balaban J connectivity index is 2.18. The Morgan fingerprint density at radius 2 is 2.00 bits per heavy atom. The van der Waals surface area contributed by atoms with Crippen LogP contribution in [0.4, 0.5) is 4.79 Å². The predicted molar refractivity (Wildman–Crippen MR) is 93.7 cm³/mol. The van der Waals surface area contributed by atoms with Crippen molar-refractivity contribution < 1.29 is 14.3 Å². The van der Waals surface area contributed by atoms with Crippen LogP contribution in [0, 0.1) is 5.92 Å². The average Bonchev–Trinajstić information content (AvgIpc) is 2.66. The van der Waals surface area contributed by atoms with E-state index in [0.29, 0.717) is 12.0 Å². The van der Waals surface area contributed by atoms with Crippen LogP contribution in [-0.4, -0.2) is 55.5 Å². The van der Waals surface area contributed by atoms with E-state index in [0.717, 1.165) is 58.5 Å². The third kappa shape index (κ3) is 9.82. The molecule has 1 N–H and O–H groups in total. The molecular formula is C18H36N2O3. The van der Waals surface area contributed by atoms with E-state index in [2.05, 4.69) is 19.2 Å². The molecule has 1 saturated heterocycles. The Labute approximate surface area is 142 Å². The first-order valence-electron chi connectivity index (χ1n) is 9.07. The Kier molecular flexibility index (Phi) is 8.92. The van der Waals surface area contributed by atoms with Gasteiger partial charge in [0.1, 0.15) is 5.60 Å². The van der Waals surface area contributed by atoms with Crippen molar-refractivity contribution in [2.45, 2.75) is 71.9 Å². The summed E-state index contributed by atoms with van der Waals surface area (Å²) in [6, 6.07) is 0.493. The SMILES string of the molecule is CC(C)COCCCNC1CCCN(C(=O)OC(C)(C)C)CC1. The van der Waals surface area contributed by atoms with Crippen molar-refractivity contribution in [3.05, 3.63) is 0 Å². The zero-order chi connectivity index (χ0) is 17.3. The highest BCUT2D eigenvalue weighted by molar-refractivity contribution is 5.68. The number of hydrogen-bond acceptors (Lipinski definition) is 4. The highest BCUT2D eigenvalue weighted by Crippen LogP contribution is 2.15. The number of carbonyl (C=O) groups is 1. The molecule has 1 aliphatic rings.